The van der Waals surface area contributed by atoms with E-state index in [0.29, 0.717) is 5.69 Å². The Morgan fingerprint density at radius 3 is 3.00 bits per heavy atom. The van der Waals surface area contributed by atoms with Gasteiger partial charge in [-0.3, -0.25) is 9.48 Å². The zero-order valence-corrected chi connectivity index (χ0v) is 12.1. The number of hydrogen-bond donors (Lipinski definition) is 1. The van der Waals surface area contributed by atoms with Gasteiger partial charge in [-0.05, 0) is 38.1 Å². The second-order valence-corrected chi connectivity index (χ2v) is 5.36. The molecule has 3 aromatic rings. The number of nitrogens with one attached hydrogen (secondary N) is 1. The molecule has 0 radical (unpaired) electrons. The van der Waals surface area contributed by atoms with Crippen molar-refractivity contribution in [2.24, 2.45) is 0 Å². The molecule has 1 aromatic carbocycles. The van der Waals surface area contributed by atoms with Gasteiger partial charge in [-0.1, -0.05) is 0 Å². The molecule has 0 aliphatic heterocycles. The third-order valence-electron chi connectivity index (χ3n) is 3.10. The summed E-state index contributed by atoms with van der Waals surface area (Å²) in [4.78, 5) is 16.4. The van der Waals surface area contributed by atoms with E-state index >= 15 is 0 Å². The summed E-state index contributed by atoms with van der Waals surface area (Å²) < 4.78 is 2.91. The molecule has 6 heteroatoms. The van der Waals surface area contributed by atoms with Crippen LogP contribution in [0.4, 0.5) is 5.69 Å². The highest BCUT2D eigenvalue weighted by atomic mass is 32.1. The number of benzene rings is 1. The van der Waals surface area contributed by atoms with Crippen LogP contribution < -0.4 is 5.32 Å². The molecule has 0 spiro atoms. The lowest BCUT2D eigenvalue weighted by Gasteiger charge is -2.02. The van der Waals surface area contributed by atoms with Crippen molar-refractivity contribution in [1.29, 1.82) is 0 Å². The number of carbonyl (C=O) groups excluding carboxylic acids is 1. The molecule has 0 saturated heterocycles. The molecule has 0 saturated carbocycles. The van der Waals surface area contributed by atoms with Crippen LogP contribution in [-0.2, 0) is 6.54 Å². The van der Waals surface area contributed by atoms with Crippen molar-refractivity contribution < 1.29 is 4.79 Å². The highest BCUT2D eigenvalue weighted by Crippen LogP contribution is 2.21. The van der Waals surface area contributed by atoms with E-state index < -0.39 is 0 Å². The Labute approximate surface area is 120 Å². The zero-order chi connectivity index (χ0) is 14.1. The largest absolute Gasteiger partial charge is 0.321 e. The molecule has 1 N–H and O–H groups in total. The summed E-state index contributed by atoms with van der Waals surface area (Å²) in [5.74, 6) is -0.199. The van der Waals surface area contributed by atoms with Crippen LogP contribution >= 0.6 is 11.3 Å². The number of rotatable bonds is 3. The molecule has 1 amide bonds. The molecular weight excluding hydrogens is 272 g/mol. The monoisotopic (exact) mass is 286 g/mol. The minimum atomic E-state index is -0.199. The third-order valence-corrected chi connectivity index (χ3v) is 3.91. The van der Waals surface area contributed by atoms with Crippen molar-refractivity contribution in [3.05, 3.63) is 41.2 Å². The number of nitrogens with zero attached hydrogens (tertiary/aromatic N) is 3. The maximum absolute atomic E-state index is 12.2. The average Bonchev–Trinajstić information content (AvgIpc) is 3.04. The van der Waals surface area contributed by atoms with E-state index in [1.165, 1.54) is 0 Å². The molecule has 3 rings (SSSR count). The van der Waals surface area contributed by atoms with E-state index in [1.54, 1.807) is 27.6 Å². The predicted octanol–water partition coefficient (Wildman–Crippen LogP) is 3.07. The Morgan fingerprint density at radius 1 is 1.40 bits per heavy atom. The average molecular weight is 286 g/mol. The zero-order valence-electron chi connectivity index (χ0n) is 11.3. The van der Waals surface area contributed by atoms with Gasteiger partial charge < -0.3 is 5.32 Å². The predicted molar refractivity (Wildman–Crippen MR) is 80.2 cm³/mol. The molecule has 5 nitrogen and oxygen atoms in total. The first kappa shape index (κ1) is 12.8. The Morgan fingerprint density at radius 2 is 2.25 bits per heavy atom. The van der Waals surface area contributed by atoms with Crippen LogP contribution in [-0.4, -0.2) is 20.7 Å². The SMILES string of the molecule is CCn1nc(C(=O)Nc2ccc3scnc3c2)cc1C. The van der Waals surface area contributed by atoms with Crippen LogP contribution in [0.5, 0.6) is 0 Å². The Kier molecular flexibility index (Phi) is 3.23. The summed E-state index contributed by atoms with van der Waals surface area (Å²) in [5, 5.41) is 7.12. The van der Waals surface area contributed by atoms with E-state index in [-0.39, 0.29) is 5.91 Å². The number of amides is 1. The minimum absolute atomic E-state index is 0.199. The highest BCUT2D eigenvalue weighted by Gasteiger charge is 2.12. The standard InChI is InChI=1S/C14H14N4OS/c1-3-18-9(2)6-12(17-18)14(19)16-10-4-5-13-11(7-10)15-8-20-13/h4-8H,3H2,1-2H3,(H,16,19). The fourth-order valence-electron chi connectivity index (χ4n) is 2.07. The van der Waals surface area contributed by atoms with E-state index in [2.05, 4.69) is 15.4 Å². The first-order valence-corrected chi connectivity index (χ1v) is 7.24. The van der Waals surface area contributed by atoms with Crippen LogP contribution in [0.2, 0.25) is 0 Å². The third kappa shape index (κ3) is 2.30. The molecule has 0 aliphatic rings. The number of anilines is 1. The second-order valence-electron chi connectivity index (χ2n) is 4.48. The summed E-state index contributed by atoms with van der Waals surface area (Å²) in [6, 6.07) is 7.49. The van der Waals surface area contributed by atoms with Gasteiger partial charge in [0.15, 0.2) is 5.69 Å². The minimum Gasteiger partial charge on any atom is -0.321 e. The maximum Gasteiger partial charge on any atom is 0.276 e. The quantitative estimate of drug-likeness (QED) is 0.805. The fourth-order valence-corrected chi connectivity index (χ4v) is 2.73. The number of aryl methyl sites for hydroxylation is 2. The van der Waals surface area contributed by atoms with Gasteiger partial charge in [0.2, 0.25) is 0 Å². The maximum atomic E-state index is 12.2. The molecule has 0 unspecified atom stereocenters. The topological polar surface area (TPSA) is 59.8 Å². The summed E-state index contributed by atoms with van der Waals surface area (Å²) >= 11 is 1.58. The lowest BCUT2D eigenvalue weighted by atomic mass is 10.3. The van der Waals surface area contributed by atoms with Crippen molar-refractivity contribution in [3.63, 3.8) is 0 Å². The van der Waals surface area contributed by atoms with Crippen molar-refractivity contribution in [2.45, 2.75) is 20.4 Å². The summed E-state index contributed by atoms with van der Waals surface area (Å²) in [6.07, 6.45) is 0. The normalized spacial score (nSPS) is 10.9. The molecule has 0 bridgehead atoms. The summed E-state index contributed by atoms with van der Waals surface area (Å²) in [5.41, 5.74) is 4.83. The number of fused-ring (bicyclic) bond motifs is 1. The van der Waals surface area contributed by atoms with Gasteiger partial charge in [-0.15, -0.1) is 11.3 Å². The van der Waals surface area contributed by atoms with E-state index in [9.17, 15) is 4.79 Å². The molecule has 0 fully saturated rings. The molecule has 2 heterocycles. The summed E-state index contributed by atoms with van der Waals surface area (Å²) in [7, 11) is 0. The van der Waals surface area contributed by atoms with Gasteiger partial charge in [0.25, 0.3) is 5.91 Å². The van der Waals surface area contributed by atoms with Crippen LogP contribution in [0, 0.1) is 6.92 Å². The molecular formula is C14H14N4OS. The lowest BCUT2D eigenvalue weighted by Crippen LogP contribution is -2.13. The summed E-state index contributed by atoms with van der Waals surface area (Å²) in [6.45, 7) is 4.69. The Bertz CT molecular complexity index is 774. The van der Waals surface area contributed by atoms with Gasteiger partial charge in [-0.2, -0.15) is 5.10 Å². The first-order chi connectivity index (χ1) is 9.67. The van der Waals surface area contributed by atoms with Crippen molar-refractivity contribution in [2.75, 3.05) is 5.32 Å². The molecule has 2 aromatic heterocycles. The van der Waals surface area contributed by atoms with E-state index in [1.807, 2.05) is 32.0 Å². The highest BCUT2D eigenvalue weighted by molar-refractivity contribution is 7.16. The fraction of sp³-hybridized carbons (Fsp3) is 0.214. The molecule has 0 aliphatic carbocycles. The van der Waals surface area contributed by atoms with Crippen molar-refractivity contribution in [3.8, 4) is 0 Å². The number of carbonyl (C=O) groups is 1. The van der Waals surface area contributed by atoms with Gasteiger partial charge >= 0.3 is 0 Å². The van der Waals surface area contributed by atoms with Gasteiger partial charge in [-0.25, -0.2) is 4.98 Å². The molecule has 0 atom stereocenters. The van der Waals surface area contributed by atoms with E-state index in [0.717, 1.165) is 28.1 Å². The van der Waals surface area contributed by atoms with Crippen LogP contribution in [0.15, 0.2) is 29.8 Å². The van der Waals surface area contributed by atoms with Gasteiger partial charge in [0.05, 0.1) is 15.7 Å². The number of hydrogen-bond acceptors (Lipinski definition) is 4. The number of aromatic nitrogens is 3. The second kappa shape index (κ2) is 5.05. The first-order valence-electron chi connectivity index (χ1n) is 6.36. The van der Waals surface area contributed by atoms with Gasteiger partial charge in [0.1, 0.15) is 0 Å². The number of thiazole rings is 1. The van der Waals surface area contributed by atoms with Crippen LogP contribution in [0.3, 0.4) is 0 Å². The van der Waals surface area contributed by atoms with Crippen molar-refractivity contribution >= 4 is 33.1 Å². The smallest absolute Gasteiger partial charge is 0.276 e. The Balaban J connectivity index is 1.83. The van der Waals surface area contributed by atoms with Gasteiger partial charge in [0, 0.05) is 17.9 Å². The molecule has 102 valence electrons. The van der Waals surface area contributed by atoms with Crippen LogP contribution in [0.1, 0.15) is 23.1 Å². The molecule has 20 heavy (non-hydrogen) atoms. The van der Waals surface area contributed by atoms with E-state index in [4.69, 9.17) is 0 Å². The lowest BCUT2D eigenvalue weighted by molar-refractivity contribution is 0.102. The van der Waals surface area contributed by atoms with Crippen LogP contribution in [0.25, 0.3) is 10.2 Å². The van der Waals surface area contributed by atoms with Crippen molar-refractivity contribution in [1.82, 2.24) is 14.8 Å². The Hall–Kier alpha value is -2.21.